The predicted octanol–water partition coefficient (Wildman–Crippen LogP) is 0.856. The minimum Gasteiger partial charge on any atom is -0.502 e. The van der Waals surface area contributed by atoms with Crippen LogP contribution in [0, 0.1) is 0 Å². The first-order valence-electron chi connectivity index (χ1n) is 3.88. The molecule has 0 atom stereocenters. The van der Waals surface area contributed by atoms with Gasteiger partial charge in [0, 0.05) is 0 Å². The minimum atomic E-state index is -1.38. The molecule has 0 aliphatic rings. The minimum absolute atomic E-state index is 0.187. The second kappa shape index (κ2) is 6.05. The van der Waals surface area contributed by atoms with E-state index in [1.807, 2.05) is 6.92 Å². The molecule has 0 aromatic carbocycles. The molecular weight excluding hydrogens is 176 g/mol. The molecule has 74 valence electrons. The maximum Gasteiger partial charge on any atom is 0.373 e. The van der Waals surface area contributed by atoms with Crippen LogP contribution in [0.25, 0.3) is 0 Å². The SMILES string of the molecule is CCCCOC(=O)C(O)=CC(=O)O. The molecule has 0 rings (SSSR count). The number of aliphatic hydroxyl groups is 1. The summed E-state index contributed by atoms with van der Waals surface area (Å²) in [6.45, 7) is 2.10. The molecule has 0 aliphatic carbocycles. The summed E-state index contributed by atoms with van der Waals surface area (Å²) >= 11 is 0. The molecule has 0 radical (unpaired) electrons. The molecule has 0 amide bonds. The molecule has 0 saturated heterocycles. The highest BCUT2D eigenvalue weighted by molar-refractivity contribution is 5.93. The van der Waals surface area contributed by atoms with Crippen LogP contribution in [0.5, 0.6) is 0 Å². The van der Waals surface area contributed by atoms with Gasteiger partial charge in [0.05, 0.1) is 12.7 Å². The van der Waals surface area contributed by atoms with Crippen LogP contribution in [0.3, 0.4) is 0 Å². The van der Waals surface area contributed by atoms with Crippen LogP contribution in [0.2, 0.25) is 0 Å². The Hall–Kier alpha value is -1.52. The molecule has 0 aromatic rings. The van der Waals surface area contributed by atoms with Gasteiger partial charge in [0.2, 0.25) is 5.76 Å². The third kappa shape index (κ3) is 5.72. The van der Waals surface area contributed by atoms with Gasteiger partial charge in [-0.1, -0.05) is 13.3 Å². The van der Waals surface area contributed by atoms with Gasteiger partial charge < -0.3 is 14.9 Å². The van der Waals surface area contributed by atoms with Crippen LogP contribution >= 0.6 is 0 Å². The van der Waals surface area contributed by atoms with Gasteiger partial charge >= 0.3 is 11.9 Å². The molecule has 0 bridgehead atoms. The molecule has 0 heterocycles. The number of unbranched alkanes of at least 4 members (excludes halogenated alkanes) is 1. The van der Waals surface area contributed by atoms with Gasteiger partial charge in [0.15, 0.2) is 0 Å². The van der Waals surface area contributed by atoms with Crippen LogP contribution in [0.4, 0.5) is 0 Å². The van der Waals surface area contributed by atoms with E-state index in [1.165, 1.54) is 0 Å². The van der Waals surface area contributed by atoms with Crippen LogP contribution in [0.1, 0.15) is 19.8 Å². The van der Waals surface area contributed by atoms with Crippen molar-refractivity contribution in [3.05, 3.63) is 11.8 Å². The zero-order valence-electron chi connectivity index (χ0n) is 7.32. The highest BCUT2D eigenvalue weighted by Gasteiger charge is 2.09. The van der Waals surface area contributed by atoms with Gasteiger partial charge in [-0.05, 0) is 6.42 Å². The standard InChI is InChI=1S/C8H12O5/c1-2-3-4-13-8(12)6(9)5-7(10)11/h5,9H,2-4H2,1H3,(H,10,11). The number of carbonyl (C=O) groups excluding carboxylic acids is 1. The maximum atomic E-state index is 10.7. The van der Waals surface area contributed by atoms with Gasteiger partial charge in [-0.3, -0.25) is 0 Å². The van der Waals surface area contributed by atoms with Crippen LogP contribution < -0.4 is 0 Å². The van der Waals surface area contributed by atoms with Gasteiger partial charge in [0.25, 0.3) is 0 Å². The number of rotatable bonds is 5. The number of carboxylic acid groups (broad SMARTS) is 1. The van der Waals surface area contributed by atoms with E-state index in [0.717, 1.165) is 6.42 Å². The average Bonchev–Trinajstić information content (AvgIpc) is 2.03. The fraction of sp³-hybridized carbons (Fsp3) is 0.500. The van der Waals surface area contributed by atoms with E-state index in [1.54, 1.807) is 0 Å². The third-order valence-corrected chi connectivity index (χ3v) is 1.20. The van der Waals surface area contributed by atoms with Crippen LogP contribution in [-0.4, -0.2) is 28.8 Å². The number of aliphatic hydroxyl groups excluding tert-OH is 1. The molecular formula is C8H12O5. The summed E-state index contributed by atoms with van der Waals surface area (Å²) in [4.78, 5) is 20.7. The van der Waals surface area contributed by atoms with Gasteiger partial charge in [-0.15, -0.1) is 0 Å². The van der Waals surface area contributed by atoms with Crippen molar-refractivity contribution in [1.82, 2.24) is 0 Å². The Balaban J connectivity index is 3.90. The van der Waals surface area contributed by atoms with E-state index in [0.29, 0.717) is 12.5 Å². The largest absolute Gasteiger partial charge is 0.502 e. The summed E-state index contributed by atoms with van der Waals surface area (Å²) in [5, 5.41) is 17.0. The van der Waals surface area contributed by atoms with E-state index < -0.39 is 17.7 Å². The van der Waals surface area contributed by atoms with Crippen molar-refractivity contribution in [2.45, 2.75) is 19.8 Å². The first-order chi connectivity index (χ1) is 6.07. The lowest BCUT2D eigenvalue weighted by molar-refractivity contribution is -0.143. The summed E-state index contributed by atoms with van der Waals surface area (Å²) < 4.78 is 4.52. The number of carbonyl (C=O) groups is 2. The van der Waals surface area contributed by atoms with Crippen molar-refractivity contribution in [2.24, 2.45) is 0 Å². The summed E-state index contributed by atoms with van der Waals surface area (Å²) in [5.74, 6) is -3.27. The lowest BCUT2D eigenvalue weighted by Crippen LogP contribution is -2.10. The molecule has 0 aliphatic heterocycles. The number of carboxylic acids is 1. The van der Waals surface area contributed by atoms with E-state index in [4.69, 9.17) is 10.2 Å². The van der Waals surface area contributed by atoms with Crippen LogP contribution in [0.15, 0.2) is 11.8 Å². The second-order valence-electron chi connectivity index (χ2n) is 2.36. The normalized spacial score (nSPS) is 11.0. The van der Waals surface area contributed by atoms with Crippen molar-refractivity contribution in [2.75, 3.05) is 6.61 Å². The Labute approximate surface area is 75.6 Å². The molecule has 0 fully saturated rings. The van der Waals surface area contributed by atoms with Crippen molar-refractivity contribution >= 4 is 11.9 Å². The van der Waals surface area contributed by atoms with E-state index >= 15 is 0 Å². The topological polar surface area (TPSA) is 83.8 Å². The highest BCUT2D eigenvalue weighted by atomic mass is 16.5. The number of ether oxygens (including phenoxy) is 1. The molecule has 0 aromatic heterocycles. The van der Waals surface area contributed by atoms with Crippen molar-refractivity contribution < 1.29 is 24.5 Å². The second-order valence-corrected chi connectivity index (χ2v) is 2.36. The van der Waals surface area contributed by atoms with E-state index in [2.05, 4.69) is 4.74 Å². The summed E-state index contributed by atoms with van der Waals surface area (Å²) in [7, 11) is 0. The monoisotopic (exact) mass is 188 g/mol. The van der Waals surface area contributed by atoms with Crippen molar-refractivity contribution in [1.29, 1.82) is 0 Å². The fourth-order valence-electron chi connectivity index (χ4n) is 0.559. The molecule has 13 heavy (non-hydrogen) atoms. The smallest absolute Gasteiger partial charge is 0.373 e. The maximum absolute atomic E-state index is 10.7. The van der Waals surface area contributed by atoms with Gasteiger partial charge in [-0.2, -0.15) is 0 Å². The Kier molecular flexibility index (Phi) is 5.34. The number of hydrogen-bond acceptors (Lipinski definition) is 4. The van der Waals surface area contributed by atoms with E-state index in [-0.39, 0.29) is 6.61 Å². The molecule has 0 saturated carbocycles. The van der Waals surface area contributed by atoms with E-state index in [9.17, 15) is 9.59 Å². The van der Waals surface area contributed by atoms with Gasteiger partial charge in [-0.25, -0.2) is 9.59 Å². The van der Waals surface area contributed by atoms with Crippen molar-refractivity contribution in [3.8, 4) is 0 Å². The van der Waals surface area contributed by atoms with Gasteiger partial charge in [0.1, 0.15) is 0 Å². The Morgan fingerprint density at radius 2 is 2.00 bits per heavy atom. The fourth-order valence-corrected chi connectivity index (χ4v) is 0.559. The first kappa shape index (κ1) is 11.5. The lowest BCUT2D eigenvalue weighted by Gasteiger charge is -2.01. The third-order valence-electron chi connectivity index (χ3n) is 1.20. The number of aliphatic carboxylic acids is 1. The summed E-state index contributed by atoms with van der Waals surface area (Å²) in [5.41, 5.74) is 0. The Morgan fingerprint density at radius 3 is 2.46 bits per heavy atom. The zero-order chi connectivity index (χ0) is 10.3. The Morgan fingerprint density at radius 1 is 1.38 bits per heavy atom. The van der Waals surface area contributed by atoms with Crippen molar-refractivity contribution in [3.63, 3.8) is 0 Å². The molecule has 0 unspecified atom stereocenters. The molecule has 5 heteroatoms. The quantitative estimate of drug-likeness (QED) is 0.289. The molecule has 0 spiro atoms. The average molecular weight is 188 g/mol. The predicted molar refractivity (Wildman–Crippen MR) is 44.2 cm³/mol. The summed E-state index contributed by atoms with van der Waals surface area (Å²) in [6.07, 6.45) is 1.94. The highest BCUT2D eigenvalue weighted by Crippen LogP contribution is 1.95. The van der Waals surface area contributed by atoms with Crippen LogP contribution in [-0.2, 0) is 14.3 Å². The Bertz CT molecular complexity index is 219. The number of esters is 1. The first-order valence-corrected chi connectivity index (χ1v) is 3.88. The number of hydrogen-bond donors (Lipinski definition) is 2. The molecule has 2 N–H and O–H groups in total. The zero-order valence-corrected chi connectivity index (χ0v) is 7.32. The molecule has 5 nitrogen and oxygen atoms in total. The lowest BCUT2D eigenvalue weighted by atomic mass is 10.4. The summed E-state index contributed by atoms with van der Waals surface area (Å²) in [6, 6.07) is 0.